The molecule has 2 amide bonds. The van der Waals surface area contributed by atoms with Crippen molar-refractivity contribution in [2.24, 2.45) is 0 Å². The molecule has 1 N–H and O–H groups in total. The summed E-state index contributed by atoms with van der Waals surface area (Å²) < 4.78 is 0.837. The summed E-state index contributed by atoms with van der Waals surface area (Å²) in [5, 5.41) is 2.71. The van der Waals surface area contributed by atoms with Crippen molar-refractivity contribution in [3.05, 3.63) is 76.3 Å². The minimum Gasteiger partial charge on any atom is -0.343 e. The van der Waals surface area contributed by atoms with Crippen molar-refractivity contribution in [2.75, 3.05) is 39.3 Å². The fraction of sp³-hybridized carbons (Fsp3) is 0.273. The molecule has 0 radical (unpaired) electrons. The molecule has 2 aromatic carbocycles. The van der Waals surface area contributed by atoms with Gasteiger partial charge in [0.05, 0.1) is 6.54 Å². The summed E-state index contributed by atoms with van der Waals surface area (Å²) in [6.07, 6.45) is 4.28. The van der Waals surface area contributed by atoms with Crippen LogP contribution in [0.2, 0.25) is 0 Å². The number of carbonyl (C=O) groups is 2. The van der Waals surface area contributed by atoms with E-state index in [2.05, 4.69) is 50.4 Å². The van der Waals surface area contributed by atoms with Gasteiger partial charge < -0.3 is 10.2 Å². The van der Waals surface area contributed by atoms with Gasteiger partial charge in [0, 0.05) is 42.8 Å². The van der Waals surface area contributed by atoms with E-state index in [-0.39, 0.29) is 18.4 Å². The number of halogens is 1. The Balaban J connectivity index is 1.39. The van der Waals surface area contributed by atoms with Crippen LogP contribution < -0.4 is 5.32 Å². The number of nitrogens with one attached hydrogen (secondary N) is 1. The molecule has 0 atom stereocenters. The minimum atomic E-state index is -0.237. The summed E-state index contributed by atoms with van der Waals surface area (Å²) in [6.45, 7) is 3.94. The van der Waals surface area contributed by atoms with Gasteiger partial charge in [-0.05, 0) is 23.8 Å². The van der Waals surface area contributed by atoms with Gasteiger partial charge in [-0.15, -0.1) is 0 Å². The van der Waals surface area contributed by atoms with Gasteiger partial charge in [-0.2, -0.15) is 0 Å². The Morgan fingerprint density at radius 2 is 1.75 bits per heavy atom. The van der Waals surface area contributed by atoms with Crippen LogP contribution in [0, 0.1) is 0 Å². The Kier molecular flexibility index (Phi) is 7.39. The van der Waals surface area contributed by atoms with Crippen molar-refractivity contribution in [3.63, 3.8) is 0 Å². The van der Waals surface area contributed by atoms with Crippen LogP contribution in [0.15, 0.2) is 65.1 Å². The third-order valence-electron chi connectivity index (χ3n) is 4.69. The van der Waals surface area contributed by atoms with Gasteiger partial charge in [-0.25, -0.2) is 0 Å². The molecule has 1 saturated heterocycles. The molecule has 0 saturated carbocycles. The van der Waals surface area contributed by atoms with Crippen LogP contribution in [0.3, 0.4) is 0 Å². The van der Waals surface area contributed by atoms with Crippen LogP contribution in [0.4, 0.5) is 0 Å². The number of carbonyl (C=O) groups excluding carboxylic acids is 2. The van der Waals surface area contributed by atoms with Crippen LogP contribution in [-0.2, 0) is 4.79 Å². The highest BCUT2D eigenvalue weighted by atomic mass is 79.9. The van der Waals surface area contributed by atoms with Gasteiger partial charge in [0.25, 0.3) is 5.91 Å². The maximum absolute atomic E-state index is 12.4. The number of hydrogen-bond donors (Lipinski definition) is 1. The van der Waals surface area contributed by atoms with E-state index >= 15 is 0 Å². The molecule has 1 aliphatic rings. The standard InChI is InChI=1S/C22H24BrN3O2/c23-20-10-4-9-19(16-20)22(28)24-17-21(27)26-14-12-25(13-15-26)11-5-8-18-6-2-1-3-7-18/h1-10,16H,11-15,17H2,(H,24,28). The third-order valence-corrected chi connectivity index (χ3v) is 5.18. The molecule has 0 unspecified atom stereocenters. The molecule has 0 spiro atoms. The fourth-order valence-electron chi connectivity index (χ4n) is 3.08. The summed E-state index contributed by atoms with van der Waals surface area (Å²) in [6, 6.07) is 17.3. The fourth-order valence-corrected chi connectivity index (χ4v) is 3.48. The number of amides is 2. The van der Waals surface area contributed by atoms with Crippen LogP contribution in [-0.4, -0.2) is 60.9 Å². The first-order chi connectivity index (χ1) is 13.6. The second-order valence-corrected chi connectivity index (χ2v) is 7.60. The molecule has 28 heavy (non-hydrogen) atoms. The van der Waals surface area contributed by atoms with E-state index in [4.69, 9.17) is 0 Å². The summed E-state index contributed by atoms with van der Waals surface area (Å²) >= 11 is 3.35. The minimum absolute atomic E-state index is 0.0270. The number of piperazine rings is 1. The van der Waals surface area contributed by atoms with E-state index in [1.54, 1.807) is 18.2 Å². The number of rotatable bonds is 6. The first-order valence-electron chi connectivity index (χ1n) is 9.37. The van der Waals surface area contributed by atoms with Gasteiger partial charge in [0.2, 0.25) is 5.91 Å². The Bertz CT molecular complexity index is 831. The van der Waals surface area contributed by atoms with Gasteiger partial charge in [0.15, 0.2) is 0 Å². The highest BCUT2D eigenvalue weighted by Gasteiger charge is 2.20. The molecule has 0 aromatic heterocycles. The van der Waals surface area contributed by atoms with E-state index in [1.807, 2.05) is 29.2 Å². The molecular formula is C22H24BrN3O2. The summed E-state index contributed by atoms with van der Waals surface area (Å²) in [4.78, 5) is 28.7. The molecule has 1 aliphatic heterocycles. The van der Waals surface area contributed by atoms with Crippen molar-refractivity contribution < 1.29 is 9.59 Å². The predicted octanol–water partition coefficient (Wildman–Crippen LogP) is 3.04. The lowest BCUT2D eigenvalue weighted by atomic mass is 10.2. The molecule has 0 bridgehead atoms. The lowest BCUT2D eigenvalue weighted by Gasteiger charge is -2.34. The van der Waals surface area contributed by atoms with Crippen LogP contribution in [0.25, 0.3) is 6.08 Å². The number of benzene rings is 2. The maximum atomic E-state index is 12.4. The third kappa shape index (κ3) is 6.04. The Morgan fingerprint density at radius 1 is 1.00 bits per heavy atom. The predicted molar refractivity (Wildman–Crippen MR) is 115 cm³/mol. The van der Waals surface area contributed by atoms with Crippen LogP contribution in [0.5, 0.6) is 0 Å². The molecule has 2 aromatic rings. The van der Waals surface area contributed by atoms with Crippen molar-refractivity contribution in [3.8, 4) is 0 Å². The normalized spacial score (nSPS) is 15.0. The molecule has 1 heterocycles. The van der Waals surface area contributed by atoms with Crippen LogP contribution in [0.1, 0.15) is 15.9 Å². The van der Waals surface area contributed by atoms with E-state index in [0.29, 0.717) is 18.7 Å². The Hall–Kier alpha value is -2.44. The van der Waals surface area contributed by atoms with Gasteiger partial charge >= 0.3 is 0 Å². The first-order valence-corrected chi connectivity index (χ1v) is 10.2. The molecule has 6 heteroatoms. The quantitative estimate of drug-likeness (QED) is 0.749. The number of nitrogens with zero attached hydrogens (tertiary/aromatic N) is 2. The highest BCUT2D eigenvalue weighted by molar-refractivity contribution is 9.10. The van der Waals surface area contributed by atoms with Gasteiger partial charge in [-0.1, -0.05) is 64.5 Å². The molecule has 1 fully saturated rings. The summed E-state index contributed by atoms with van der Waals surface area (Å²) in [5.74, 6) is -0.276. The lowest BCUT2D eigenvalue weighted by molar-refractivity contribution is -0.131. The Morgan fingerprint density at radius 3 is 2.46 bits per heavy atom. The van der Waals surface area contributed by atoms with Gasteiger partial charge in [-0.3, -0.25) is 14.5 Å². The van der Waals surface area contributed by atoms with E-state index < -0.39 is 0 Å². The van der Waals surface area contributed by atoms with E-state index in [9.17, 15) is 9.59 Å². The lowest BCUT2D eigenvalue weighted by Crippen LogP contribution is -2.51. The maximum Gasteiger partial charge on any atom is 0.251 e. The zero-order valence-corrected chi connectivity index (χ0v) is 17.3. The second-order valence-electron chi connectivity index (χ2n) is 6.69. The largest absolute Gasteiger partial charge is 0.343 e. The first kappa shape index (κ1) is 20.3. The zero-order chi connectivity index (χ0) is 19.8. The Labute approximate surface area is 174 Å². The monoisotopic (exact) mass is 441 g/mol. The van der Waals surface area contributed by atoms with Crippen molar-refractivity contribution in [1.82, 2.24) is 15.1 Å². The average molecular weight is 442 g/mol. The second kappa shape index (κ2) is 10.2. The molecular weight excluding hydrogens is 418 g/mol. The van der Waals surface area contributed by atoms with E-state index in [0.717, 1.165) is 24.1 Å². The number of hydrogen-bond acceptors (Lipinski definition) is 3. The van der Waals surface area contributed by atoms with Gasteiger partial charge in [0.1, 0.15) is 0 Å². The summed E-state index contributed by atoms with van der Waals surface area (Å²) in [5.41, 5.74) is 1.73. The smallest absolute Gasteiger partial charge is 0.251 e. The van der Waals surface area contributed by atoms with E-state index in [1.165, 1.54) is 5.56 Å². The SMILES string of the molecule is O=C(NCC(=O)N1CCN(CC=Cc2ccccc2)CC1)c1cccc(Br)c1. The van der Waals surface area contributed by atoms with Crippen molar-refractivity contribution >= 4 is 33.8 Å². The molecule has 146 valence electrons. The van der Waals surface area contributed by atoms with Crippen LogP contribution >= 0.6 is 15.9 Å². The van der Waals surface area contributed by atoms with Crippen molar-refractivity contribution in [2.45, 2.75) is 0 Å². The molecule has 5 nitrogen and oxygen atoms in total. The zero-order valence-electron chi connectivity index (χ0n) is 15.7. The topological polar surface area (TPSA) is 52.7 Å². The average Bonchev–Trinajstić information content (AvgIpc) is 2.73. The summed E-state index contributed by atoms with van der Waals surface area (Å²) in [7, 11) is 0. The molecule has 3 rings (SSSR count). The van der Waals surface area contributed by atoms with Crippen molar-refractivity contribution in [1.29, 1.82) is 0 Å². The molecule has 0 aliphatic carbocycles. The highest BCUT2D eigenvalue weighted by Crippen LogP contribution is 2.11.